The van der Waals surface area contributed by atoms with Gasteiger partial charge in [0, 0.05) is 7.11 Å². The summed E-state index contributed by atoms with van der Waals surface area (Å²) < 4.78 is 5.30. The van der Waals surface area contributed by atoms with Crippen LogP contribution in [0.2, 0.25) is 0 Å². The Balaban J connectivity index is 2.30. The Morgan fingerprint density at radius 1 is 1.22 bits per heavy atom. The minimum absolute atomic E-state index is 0.554. The molecule has 54 valence electrons. The van der Waals surface area contributed by atoms with Crippen LogP contribution in [0.1, 0.15) is 32.6 Å². The summed E-state index contributed by atoms with van der Waals surface area (Å²) in [6, 6.07) is 0. The van der Waals surface area contributed by atoms with E-state index in [1.807, 2.05) is 7.11 Å². The lowest BCUT2D eigenvalue weighted by Gasteiger charge is -2.26. The summed E-state index contributed by atoms with van der Waals surface area (Å²) in [5.74, 6) is 0.795. The molecule has 0 aliphatic heterocycles. The molecule has 0 saturated heterocycles. The molecule has 0 radical (unpaired) electrons. The number of hydrogen-bond donors (Lipinski definition) is 0. The minimum Gasteiger partial charge on any atom is -0.381 e. The van der Waals surface area contributed by atoms with E-state index < -0.39 is 0 Å². The van der Waals surface area contributed by atoms with Crippen molar-refractivity contribution in [2.24, 2.45) is 5.92 Å². The van der Waals surface area contributed by atoms with E-state index >= 15 is 0 Å². The maximum Gasteiger partial charge on any atom is 0.0596 e. The third kappa shape index (κ3) is 1.68. The Kier molecular flexibility index (Phi) is 2.52. The van der Waals surface area contributed by atoms with E-state index in [0.717, 1.165) is 5.92 Å². The topological polar surface area (TPSA) is 9.23 Å². The fraction of sp³-hybridized carbons (Fsp3) is 1.00. The van der Waals surface area contributed by atoms with Gasteiger partial charge in [-0.25, -0.2) is 0 Å². The van der Waals surface area contributed by atoms with E-state index in [2.05, 4.69) is 6.92 Å². The first-order valence-electron chi connectivity index (χ1n) is 3.87. The molecule has 0 unspecified atom stereocenters. The highest BCUT2D eigenvalue weighted by atomic mass is 16.5. The molecule has 0 aromatic carbocycles. The fourth-order valence-corrected chi connectivity index (χ4v) is 1.63. The quantitative estimate of drug-likeness (QED) is 0.526. The summed E-state index contributed by atoms with van der Waals surface area (Å²) >= 11 is 0. The van der Waals surface area contributed by atoms with Gasteiger partial charge in [-0.3, -0.25) is 0 Å². The van der Waals surface area contributed by atoms with E-state index in [0.29, 0.717) is 6.10 Å². The van der Waals surface area contributed by atoms with Gasteiger partial charge >= 0.3 is 0 Å². The van der Waals surface area contributed by atoms with Crippen molar-refractivity contribution in [3.05, 3.63) is 0 Å². The largest absolute Gasteiger partial charge is 0.381 e. The van der Waals surface area contributed by atoms with Gasteiger partial charge in [0.2, 0.25) is 0 Å². The van der Waals surface area contributed by atoms with Crippen molar-refractivity contribution in [2.75, 3.05) is 7.11 Å². The lowest BCUT2D eigenvalue weighted by atomic mass is 9.88. The van der Waals surface area contributed by atoms with Gasteiger partial charge in [0.05, 0.1) is 6.10 Å². The van der Waals surface area contributed by atoms with Crippen LogP contribution in [0.25, 0.3) is 0 Å². The van der Waals surface area contributed by atoms with Crippen molar-refractivity contribution >= 4 is 0 Å². The van der Waals surface area contributed by atoms with Gasteiger partial charge < -0.3 is 4.74 Å². The van der Waals surface area contributed by atoms with Gasteiger partial charge in [-0.05, 0) is 18.8 Å². The van der Waals surface area contributed by atoms with Gasteiger partial charge in [0.25, 0.3) is 0 Å². The Labute approximate surface area is 57.4 Å². The molecular formula is C8H16O. The van der Waals surface area contributed by atoms with Crippen LogP contribution in [-0.2, 0) is 4.74 Å². The Morgan fingerprint density at radius 2 is 1.89 bits per heavy atom. The SMILES string of the molecule is CO[C@H]1CCCC[C@H]1C. The maximum atomic E-state index is 5.30. The second-order valence-electron chi connectivity index (χ2n) is 3.04. The van der Waals surface area contributed by atoms with Crippen LogP contribution in [0.4, 0.5) is 0 Å². The fourth-order valence-electron chi connectivity index (χ4n) is 1.63. The molecule has 9 heavy (non-hydrogen) atoms. The molecule has 0 bridgehead atoms. The molecule has 0 spiro atoms. The monoisotopic (exact) mass is 128 g/mol. The predicted molar refractivity (Wildman–Crippen MR) is 38.4 cm³/mol. The Bertz CT molecular complexity index is 80.6. The third-order valence-electron chi connectivity index (χ3n) is 2.34. The van der Waals surface area contributed by atoms with E-state index in [9.17, 15) is 0 Å². The Morgan fingerprint density at radius 3 is 2.33 bits per heavy atom. The number of ether oxygens (including phenoxy) is 1. The predicted octanol–water partition coefficient (Wildman–Crippen LogP) is 2.21. The minimum atomic E-state index is 0.554. The van der Waals surface area contributed by atoms with Gasteiger partial charge in [-0.1, -0.05) is 19.8 Å². The zero-order valence-corrected chi connectivity index (χ0v) is 6.39. The zero-order valence-electron chi connectivity index (χ0n) is 6.39. The van der Waals surface area contributed by atoms with Crippen molar-refractivity contribution in [1.82, 2.24) is 0 Å². The molecule has 1 aliphatic carbocycles. The van der Waals surface area contributed by atoms with Crippen molar-refractivity contribution in [2.45, 2.75) is 38.7 Å². The smallest absolute Gasteiger partial charge is 0.0596 e. The van der Waals surface area contributed by atoms with Gasteiger partial charge in [0.15, 0.2) is 0 Å². The summed E-state index contributed by atoms with van der Waals surface area (Å²) in [6.07, 6.45) is 5.96. The number of rotatable bonds is 1. The summed E-state index contributed by atoms with van der Waals surface area (Å²) in [7, 11) is 1.83. The molecule has 1 fully saturated rings. The first-order chi connectivity index (χ1) is 4.34. The maximum absolute atomic E-state index is 5.30. The highest BCUT2D eigenvalue weighted by Crippen LogP contribution is 2.25. The first-order valence-corrected chi connectivity index (χ1v) is 3.87. The molecule has 0 amide bonds. The number of methoxy groups -OCH3 is 1. The molecule has 2 atom stereocenters. The van der Waals surface area contributed by atoms with Crippen molar-refractivity contribution < 1.29 is 4.74 Å². The second kappa shape index (κ2) is 3.21. The molecule has 1 aliphatic rings. The van der Waals surface area contributed by atoms with Gasteiger partial charge in [-0.15, -0.1) is 0 Å². The van der Waals surface area contributed by atoms with Gasteiger partial charge in [0.1, 0.15) is 0 Å². The number of hydrogen-bond acceptors (Lipinski definition) is 1. The summed E-state index contributed by atoms with van der Waals surface area (Å²) in [5, 5.41) is 0. The molecule has 0 heterocycles. The van der Waals surface area contributed by atoms with Crippen molar-refractivity contribution in [1.29, 1.82) is 0 Å². The zero-order chi connectivity index (χ0) is 6.69. The van der Waals surface area contributed by atoms with Crippen LogP contribution in [0.5, 0.6) is 0 Å². The van der Waals surface area contributed by atoms with E-state index in [1.54, 1.807) is 0 Å². The van der Waals surface area contributed by atoms with Crippen LogP contribution < -0.4 is 0 Å². The molecule has 1 heteroatoms. The molecule has 0 aromatic heterocycles. The Hall–Kier alpha value is -0.0400. The molecular weight excluding hydrogens is 112 g/mol. The molecule has 1 saturated carbocycles. The molecule has 1 nitrogen and oxygen atoms in total. The lowest BCUT2D eigenvalue weighted by molar-refractivity contribution is 0.0310. The average Bonchev–Trinajstić information content (AvgIpc) is 1.89. The van der Waals surface area contributed by atoms with Crippen LogP contribution in [-0.4, -0.2) is 13.2 Å². The highest BCUT2D eigenvalue weighted by molar-refractivity contribution is 4.71. The molecule has 1 rings (SSSR count). The van der Waals surface area contributed by atoms with Crippen molar-refractivity contribution in [3.63, 3.8) is 0 Å². The third-order valence-corrected chi connectivity index (χ3v) is 2.34. The summed E-state index contributed by atoms with van der Waals surface area (Å²) in [6.45, 7) is 2.29. The van der Waals surface area contributed by atoms with Crippen LogP contribution in [0.15, 0.2) is 0 Å². The highest BCUT2D eigenvalue weighted by Gasteiger charge is 2.19. The van der Waals surface area contributed by atoms with Gasteiger partial charge in [-0.2, -0.15) is 0 Å². The summed E-state index contributed by atoms with van der Waals surface area (Å²) in [5.41, 5.74) is 0. The lowest BCUT2D eigenvalue weighted by Crippen LogP contribution is -2.23. The van der Waals surface area contributed by atoms with Crippen LogP contribution >= 0.6 is 0 Å². The van der Waals surface area contributed by atoms with Crippen molar-refractivity contribution in [3.8, 4) is 0 Å². The van der Waals surface area contributed by atoms with E-state index in [4.69, 9.17) is 4.74 Å². The first kappa shape index (κ1) is 7.07. The van der Waals surface area contributed by atoms with E-state index in [1.165, 1.54) is 25.7 Å². The van der Waals surface area contributed by atoms with E-state index in [-0.39, 0.29) is 0 Å². The second-order valence-corrected chi connectivity index (χ2v) is 3.04. The summed E-state index contributed by atoms with van der Waals surface area (Å²) in [4.78, 5) is 0. The average molecular weight is 128 g/mol. The standard InChI is InChI=1S/C8H16O/c1-7-5-3-4-6-8(7)9-2/h7-8H,3-6H2,1-2H3/t7-,8+/m1/s1. The molecule has 0 N–H and O–H groups in total. The van der Waals surface area contributed by atoms with Crippen LogP contribution in [0.3, 0.4) is 0 Å². The normalized spacial score (nSPS) is 36.7. The van der Waals surface area contributed by atoms with Crippen LogP contribution in [0, 0.1) is 5.92 Å². The molecule has 0 aromatic rings.